The molecule has 0 aliphatic carbocycles. The standard InChI is InChI=1S/C16H20BN5O5/c18-16(9-23)8-22(7-10(16)3-1-4-17(26)27)12-11(13(24)14(12)25)21-15-19-5-2-6-20-15/h2,5-6,9-10,26-27H,1,3-4,7-8,18H2,(H,19,20,21)/t10-,16+/m0/s1. The molecule has 0 bridgehead atoms. The summed E-state index contributed by atoms with van der Waals surface area (Å²) >= 11 is 0. The Kier molecular flexibility index (Phi) is 5.35. The number of anilines is 3. The molecule has 1 aromatic heterocycles. The van der Waals surface area contributed by atoms with Crippen LogP contribution >= 0.6 is 0 Å². The Morgan fingerprint density at radius 1 is 1.33 bits per heavy atom. The van der Waals surface area contributed by atoms with E-state index in [0.29, 0.717) is 25.7 Å². The molecule has 11 heteroatoms. The Morgan fingerprint density at radius 3 is 2.67 bits per heavy atom. The topological polar surface area (TPSA) is 159 Å². The van der Waals surface area contributed by atoms with Crippen molar-refractivity contribution in [1.29, 1.82) is 0 Å². The van der Waals surface area contributed by atoms with E-state index in [2.05, 4.69) is 15.3 Å². The largest absolute Gasteiger partial charge is 0.451 e. The van der Waals surface area contributed by atoms with Crippen molar-refractivity contribution >= 4 is 30.7 Å². The van der Waals surface area contributed by atoms with Gasteiger partial charge in [0.25, 0.3) is 10.9 Å². The first-order chi connectivity index (χ1) is 12.9. The Labute approximate surface area is 154 Å². The zero-order valence-electron chi connectivity index (χ0n) is 14.5. The second-order valence-electron chi connectivity index (χ2n) is 6.80. The van der Waals surface area contributed by atoms with Gasteiger partial charge in [-0.2, -0.15) is 0 Å². The predicted octanol–water partition coefficient (Wildman–Crippen LogP) is -1.60. The van der Waals surface area contributed by atoms with Crippen LogP contribution in [0.4, 0.5) is 17.3 Å². The van der Waals surface area contributed by atoms with Gasteiger partial charge in [0.2, 0.25) is 5.95 Å². The highest BCUT2D eigenvalue weighted by Gasteiger charge is 2.45. The van der Waals surface area contributed by atoms with E-state index < -0.39 is 23.5 Å². The molecule has 142 valence electrons. The molecule has 0 amide bonds. The smallest absolute Gasteiger partial charge is 0.427 e. The Morgan fingerprint density at radius 2 is 2.04 bits per heavy atom. The van der Waals surface area contributed by atoms with Gasteiger partial charge in [-0.15, -0.1) is 0 Å². The Bertz CT molecular complexity index is 885. The van der Waals surface area contributed by atoms with Crippen molar-refractivity contribution in [3.05, 3.63) is 38.9 Å². The quantitative estimate of drug-likeness (QED) is 0.241. The van der Waals surface area contributed by atoms with E-state index in [1.165, 1.54) is 12.4 Å². The van der Waals surface area contributed by atoms with E-state index in [1.807, 2.05) is 0 Å². The van der Waals surface area contributed by atoms with Crippen LogP contribution in [0.15, 0.2) is 28.0 Å². The first kappa shape index (κ1) is 19.1. The Hall–Kier alpha value is -2.63. The number of nitrogens with zero attached hydrogens (tertiary/aromatic N) is 3. The van der Waals surface area contributed by atoms with Gasteiger partial charge in [-0.25, -0.2) is 9.97 Å². The van der Waals surface area contributed by atoms with E-state index >= 15 is 0 Å². The fourth-order valence-electron chi connectivity index (χ4n) is 3.44. The molecule has 1 aliphatic rings. The SMILES string of the molecule is N[C@@]1(C=O)CN(c2c(Nc3ncccn3)c(=O)c2=O)C[C@@H]1CCCB(O)O. The molecular formula is C16H20BN5O5. The maximum Gasteiger partial charge on any atom is 0.451 e. The second kappa shape index (κ2) is 7.55. The van der Waals surface area contributed by atoms with Gasteiger partial charge in [0.05, 0.1) is 5.54 Å². The number of nitrogens with two attached hydrogens (primary N) is 1. The van der Waals surface area contributed by atoms with Crippen molar-refractivity contribution in [1.82, 2.24) is 9.97 Å². The lowest BCUT2D eigenvalue weighted by atomic mass is 9.79. The summed E-state index contributed by atoms with van der Waals surface area (Å²) < 4.78 is 0. The molecule has 0 saturated carbocycles. The molecule has 27 heavy (non-hydrogen) atoms. The molecular weight excluding hydrogens is 353 g/mol. The average Bonchev–Trinajstić information content (AvgIpc) is 2.98. The van der Waals surface area contributed by atoms with Crippen LogP contribution in [-0.4, -0.2) is 52.0 Å². The third-order valence-corrected chi connectivity index (χ3v) is 4.90. The summed E-state index contributed by atoms with van der Waals surface area (Å²) in [6.45, 7) is 0.407. The molecule has 1 fully saturated rings. The van der Waals surface area contributed by atoms with Crippen LogP contribution in [0.1, 0.15) is 12.8 Å². The maximum atomic E-state index is 12.1. The zero-order chi connectivity index (χ0) is 19.6. The fraction of sp³-hybridized carbons (Fsp3) is 0.438. The highest BCUT2D eigenvalue weighted by molar-refractivity contribution is 6.40. The van der Waals surface area contributed by atoms with Crippen LogP contribution in [0.25, 0.3) is 0 Å². The molecule has 2 atom stereocenters. The van der Waals surface area contributed by atoms with Gasteiger partial charge in [0.1, 0.15) is 17.7 Å². The number of aromatic nitrogens is 2. The van der Waals surface area contributed by atoms with Crippen molar-refractivity contribution in [2.75, 3.05) is 23.3 Å². The summed E-state index contributed by atoms with van der Waals surface area (Å²) in [7, 11) is -1.42. The highest BCUT2D eigenvalue weighted by atomic mass is 16.4. The molecule has 2 aromatic rings. The van der Waals surface area contributed by atoms with E-state index in [1.54, 1.807) is 11.0 Å². The van der Waals surface area contributed by atoms with Crippen LogP contribution in [0.3, 0.4) is 0 Å². The third-order valence-electron chi connectivity index (χ3n) is 4.90. The van der Waals surface area contributed by atoms with Gasteiger partial charge in [0, 0.05) is 31.4 Å². The number of hydrogen-bond donors (Lipinski definition) is 4. The lowest BCUT2D eigenvalue weighted by Gasteiger charge is -2.24. The minimum absolute atomic E-state index is 0.0888. The van der Waals surface area contributed by atoms with Crippen molar-refractivity contribution in [3.8, 4) is 0 Å². The van der Waals surface area contributed by atoms with Gasteiger partial charge in [0.15, 0.2) is 0 Å². The molecule has 0 radical (unpaired) electrons. The summed E-state index contributed by atoms with van der Waals surface area (Å²) in [5.41, 5.74) is 3.98. The first-order valence-corrected chi connectivity index (χ1v) is 8.59. The van der Waals surface area contributed by atoms with Crippen molar-refractivity contribution in [2.24, 2.45) is 11.7 Å². The van der Waals surface area contributed by atoms with Crippen LogP contribution in [0.2, 0.25) is 6.32 Å². The summed E-state index contributed by atoms with van der Waals surface area (Å²) in [5.74, 6) is -0.0908. The van der Waals surface area contributed by atoms with Crippen molar-refractivity contribution in [2.45, 2.75) is 24.7 Å². The van der Waals surface area contributed by atoms with E-state index in [9.17, 15) is 14.4 Å². The lowest BCUT2D eigenvalue weighted by molar-refractivity contribution is -0.112. The molecule has 3 rings (SSSR count). The molecule has 1 saturated heterocycles. The summed E-state index contributed by atoms with van der Waals surface area (Å²) in [6.07, 6.45) is 4.79. The minimum Gasteiger partial charge on any atom is -0.427 e. The fourth-order valence-corrected chi connectivity index (χ4v) is 3.44. The molecule has 1 aliphatic heterocycles. The summed E-state index contributed by atoms with van der Waals surface area (Å²) in [4.78, 5) is 45.3. The van der Waals surface area contributed by atoms with Crippen LogP contribution in [-0.2, 0) is 4.79 Å². The van der Waals surface area contributed by atoms with Crippen LogP contribution in [0, 0.1) is 5.92 Å². The number of carbonyl (C=O) groups excluding carboxylic acids is 1. The molecule has 5 N–H and O–H groups in total. The van der Waals surface area contributed by atoms with E-state index in [4.69, 9.17) is 15.8 Å². The van der Waals surface area contributed by atoms with Gasteiger partial charge in [-0.1, -0.05) is 6.42 Å². The Balaban J connectivity index is 1.79. The molecule has 0 unspecified atom stereocenters. The van der Waals surface area contributed by atoms with E-state index in [-0.39, 0.29) is 36.1 Å². The lowest BCUT2D eigenvalue weighted by Crippen LogP contribution is -2.50. The maximum absolute atomic E-state index is 12.1. The minimum atomic E-state index is -1.42. The molecule has 1 aromatic carbocycles. The summed E-state index contributed by atoms with van der Waals surface area (Å²) in [6, 6.07) is 1.62. The second-order valence-corrected chi connectivity index (χ2v) is 6.80. The third kappa shape index (κ3) is 3.75. The molecule has 10 nitrogen and oxygen atoms in total. The normalized spacial score (nSPS) is 22.2. The number of aldehydes is 1. The van der Waals surface area contributed by atoms with Crippen molar-refractivity contribution < 1.29 is 14.8 Å². The predicted molar refractivity (Wildman–Crippen MR) is 99.6 cm³/mol. The zero-order valence-corrected chi connectivity index (χ0v) is 14.5. The summed E-state index contributed by atoms with van der Waals surface area (Å²) in [5, 5.41) is 20.7. The number of rotatable bonds is 8. The number of carbonyl (C=O) groups is 1. The highest BCUT2D eigenvalue weighted by Crippen LogP contribution is 2.34. The number of hydrogen-bond acceptors (Lipinski definition) is 10. The van der Waals surface area contributed by atoms with Gasteiger partial charge in [-0.3, -0.25) is 9.59 Å². The van der Waals surface area contributed by atoms with Crippen molar-refractivity contribution in [3.63, 3.8) is 0 Å². The van der Waals surface area contributed by atoms with Gasteiger partial charge >= 0.3 is 7.12 Å². The van der Waals surface area contributed by atoms with Crippen LogP contribution < -0.4 is 26.8 Å². The monoisotopic (exact) mass is 373 g/mol. The van der Waals surface area contributed by atoms with Crippen LogP contribution in [0.5, 0.6) is 0 Å². The molecule has 0 spiro atoms. The molecule has 2 heterocycles. The van der Waals surface area contributed by atoms with Gasteiger partial charge < -0.3 is 30.8 Å². The van der Waals surface area contributed by atoms with E-state index in [0.717, 1.165) is 0 Å². The number of nitrogens with one attached hydrogen (secondary N) is 1. The van der Waals surface area contributed by atoms with Gasteiger partial charge in [-0.05, 0) is 18.8 Å². The first-order valence-electron chi connectivity index (χ1n) is 8.59. The average molecular weight is 373 g/mol.